The normalized spacial score (nSPS) is 10.6. The number of ether oxygens (including phenoxy) is 4. The maximum atomic E-state index is 12.4. The zero-order valence-electron chi connectivity index (χ0n) is 19.6. The largest absolute Gasteiger partial charge is 0.493 e. The lowest BCUT2D eigenvalue weighted by Gasteiger charge is -2.13. The number of hydrogen-bond donors (Lipinski definition) is 2. The van der Waals surface area contributed by atoms with E-state index in [-0.39, 0.29) is 29.0 Å². The number of benzene rings is 3. The summed E-state index contributed by atoms with van der Waals surface area (Å²) in [5.74, 6) is 0.564. The van der Waals surface area contributed by atoms with Crippen molar-refractivity contribution in [2.45, 2.75) is 0 Å². The third-order valence-corrected chi connectivity index (χ3v) is 5.29. The van der Waals surface area contributed by atoms with Gasteiger partial charge in [-0.1, -0.05) is 23.2 Å². The Hall–Kier alpha value is -3.95. The van der Waals surface area contributed by atoms with Gasteiger partial charge >= 0.3 is 0 Å². The lowest BCUT2D eigenvalue weighted by atomic mass is 10.2. The first-order valence-electron chi connectivity index (χ1n) is 10.5. The van der Waals surface area contributed by atoms with Crippen molar-refractivity contribution in [1.82, 2.24) is 5.43 Å². The third kappa shape index (κ3) is 7.03. The molecule has 3 aromatic rings. The van der Waals surface area contributed by atoms with Crippen molar-refractivity contribution in [3.05, 3.63) is 75.8 Å². The standard InChI is InChI=1S/C25H23Cl2N3O6/c1-33-20-9-4-16(12-21(20)34-2)25(32)30-28-13-15-10-19(27)24(22(11-15)35-3)36-14-23(31)29-18-7-5-17(26)6-8-18/h4-13H,14H2,1-3H3,(H,29,31)(H,30,32)/b28-13+. The topological polar surface area (TPSA) is 107 Å². The van der Waals surface area contributed by atoms with Gasteiger partial charge in [-0.2, -0.15) is 5.10 Å². The number of carbonyl (C=O) groups is 2. The van der Waals surface area contributed by atoms with Crippen LogP contribution in [0, 0.1) is 0 Å². The van der Waals surface area contributed by atoms with Crippen LogP contribution in [0.4, 0.5) is 5.69 Å². The van der Waals surface area contributed by atoms with E-state index in [1.807, 2.05) is 0 Å². The Morgan fingerprint density at radius 2 is 1.58 bits per heavy atom. The molecule has 2 N–H and O–H groups in total. The Morgan fingerprint density at radius 3 is 2.25 bits per heavy atom. The number of nitrogens with one attached hydrogen (secondary N) is 2. The third-order valence-electron chi connectivity index (χ3n) is 4.75. The molecule has 0 atom stereocenters. The molecule has 3 rings (SSSR count). The number of anilines is 1. The molecule has 0 heterocycles. The lowest BCUT2D eigenvalue weighted by molar-refractivity contribution is -0.118. The first-order chi connectivity index (χ1) is 17.3. The molecule has 0 spiro atoms. The highest BCUT2D eigenvalue weighted by molar-refractivity contribution is 6.32. The highest BCUT2D eigenvalue weighted by Gasteiger charge is 2.14. The summed E-state index contributed by atoms with van der Waals surface area (Å²) in [6, 6.07) is 14.6. The van der Waals surface area contributed by atoms with Crippen molar-refractivity contribution in [2.24, 2.45) is 5.10 Å². The molecule has 0 aromatic heterocycles. The van der Waals surface area contributed by atoms with Crippen LogP contribution in [0.1, 0.15) is 15.9 Å². The molecule has 0 aliphatic heterocycles. The Labute approximate surface area is 217 Å². The molecule has 0 fully saturated rings. The average molecular weight is 532 g/mol. The fourth-order valence-corrected chi connectivity index (χ4v) is 3.43. The fraction of sp³-hybridized carbons (Fsp3) is 0.160. The van der Waals surface area contributed by atoms with Gasteiger partial charge in [0.05, 0.1) is 32.6 Å². The zero-order valence-corrected chi connectivity index (χ0v) is 21.1. The van der Waals surface area contributed by atoms with Crippen molar-refractivity contribution in [1.29, 1.82) is 0 Å². The van der Waals surface area contributed by atoms with Gasteiger partial charge in [-0.3, -0.25) is 9.59 Å². The van der Waals surface area contributed by atoms with Crippen LogP contribution >= 0.6 is 23.2 Å². The van der Waals surface area contributed by atoms with Crippen LogP contribution in [0.2, 0.25) is 10.0 Å². The number of methoxy groups -OCH3 is 3. The Kier molecular flexibility index (Phi) is 9.38. The second-order valence-corrected chi connectivity index (χ2v) is 7.99. The molecule has 2 amide bonds. The summed E-state index contributed by atoms with van der Waals surface area (Å²) in [6.07, 6.45) is 1.39. The first kappa shape index (κ1) is 26.7. The lowest BCUT2D eigenvalue weighted by Crippen LogP contribution is -2.20. The van der Waals surface area contributed by atoms with Crippen LogP contribution in [-0.2, 0) is 4.79 Å². The van der Waals surface area contributed by atoms with Crippen molar-refractivity contribution in [3.63, 3.8) is 0 Å². The van der Waals surface area contributed by atoms with Gasteiger partial charge in [0.25, 0.3) is 11.8 Å². The molecular weight excluding hydrogens is 509 g/mol. The van der Waals surface area contributed by atoms with E-state index in [9.17, 15) is 9.59 Å². The first-order valence-corrected chi connectivity index (χ1v) is 11.2. The maximum absolute atomic E-state index is 12.4. The number of amides is 2. The number of halogens is 2. The van der Waals surface area contributed by atoms with E-state index in [1.165, 1.54) is 27.5 Å². The molecule has 0 aliphatic rings. The van der Waals surface area contributed by atoms with E-state index in [0.717, 1.165) is 0 Å². The summed E-state index contributed by atoms with van der Waals surface area (Å²) in [5.41, 5.74) is 3.87. The molecule has 0 bridgehead atoms. The van der Waals surface area contributed by atoms with Gasteiger partial charge in [0.2, 0.25) is 0 Å². The molecule has 0 saturated heterocycles. The molecule has 0 unspecified atom stereocenters. The average Bonchev–Trinajstić information content (AvgIpc) is 2.88. The van der Waals surface area contributed by atoms with Gasteiger partial charge in [0.15, 0.2) is 29.6 Å². The molecule has 0 saturated carbocycles. The van der Waals surface area contributed by atoms with Gasteiger partial charge in [-0.15, -0.1) is 0 Å². The highest BCUT2D eigenvalue weighted by atomic mass is 35.5. The zero-order chi connectivity index (χ0) is 26.1. The molecule has 9 nitrogen and oxygen atoms in total. The SMILES string of the molecule is COc1ccc(C(=O)N/N=C/c2cc(Cl)c(OCC(=O)Nc3ccc(Cl)cc3)c(OC)c2)cc1OC. The van der Waals surface area contributed by atoms with Crippen LogP contribution in [0.25, 0.3) is 0 Å². The Morgan fingerprint density at radius 1 is 0.889 bits per heavy atom. The quantitative estimate of drug-likeness (QED) is 0.287. The van der Waals surface area contributed by atoms with E-state index >= 15 is 0 Å². The highest BCUT2D eigenvalue weighted by Crippen LogP contribution is 2.36. The summed E-state index contributed by atoms with van der Waals surface area (Å²) < 4.78 is 21.3. The number of rotatable bonds is 10. The van der Waals surface area contributed by atoms with Crippen molar-refractivity contribution in [3.8, 4) is 23.0 Å². The van der Waals surface area contributed by atoms with Gasteiger partial charge in [-0.25, -0.2) is 5.43 Å². The van der Waals surface area contributed by atoms with Crippen LogP contribution < -0.4 is 29.7 Å². The second kappa shape index (κ2) is 12.7. The monoisotopic (exact) mass is 531 g/mol. The Bertz CT molecular complexity index is 1270. The molecule has 0 radical (unpaired) electrons. The minimum atomic E-state index is -0.447. The van der Waals surface area contributed by atoms with Crippen molar-refractivity contribution < 1.29 is 28.5 Å². The van der Waals surface area contributed by atoms with Gasteiger partial charge in [-0.05, 0) is 60.2 Å². The van der Waals surface area contributed by atoms with Crippen LogP contribution in [0.3, 0.4) is 0 Å². The number of nitrogens with zero attached hydrogens (tertiary/aromatic N) is 1. The smallest absolute Gasteiger partial charge is 0.271 e. The minimum Gasteiger partial charge on any atom is -0.493 e. The van der Waals surface area contributed by atoms with Crippen LogP contribution in [-0.4, -0.2) is 46.0 Å². The van der Waals surface area contributed by atoms with E-state index in [0.29, 0.717) is 33.3 Å². The van der Waals surface area contributed by atoms with E-state index in [1.54, 1.807) is 54.6 Å². The maximum Gasteiger partial charge on any atom is 0.271 e. The van der Waals surface area contributed by atoms with Gasteiger partial charge < -0.3 is 24.3 Å². The molecule has 3 aromatic carbocycles. The summed E-state index contributed by atoms with van der Waals surface area (Å²) in [6.45, 7) is -0.298. The number of hydrogen-bond acceptors (Lipinski definition) is 7. The molecule has 188 valence electrons. The summed E-state index contributed by atoms with van der Waals surface area (Å²) >= 11 is 12.2. The van der Waals surface area contributed by atoms with Crippen LogP contribution in [0.5, 0.6) is 23.0 Å². The fourth-order valence-electron chi connectivity index (χ4n) is 3.03. The van der Waals surface area contributed by atoms with Crippen LogP contribution in [0.15, 0.2) is 59.7 Å². The predicted octanol–water partition coefficient (Wildman–Crippen LogP) is 4.80. The summed E-state index contributed by atoms with van der Waals surface area (Å²) in [4.78, 5) is 24.6. The van der Waals surface area contributed by atoms with Gasteiger partial charge in [0.1, 0.15) is 0 Å². The minimum absolute atomic E-state index is 0.192. The van der Waals surface area contributed by atoms with Crippen molar-refractivity contribution >= 4 is 46.9 Å². The predicted molar refractivity (Wildman–Crippen MR) is 138 cm³/mol. The molecule has 0 aliphatic carbocycles. The Balaban J connectivity index is 1.63. The van der Waals surface area contributed by atoms with E-state index < -0.39 is 5.91 Å². The molecule has 36 heavy (non-hydrogen) atoms. The van der Waals surface area contributed by atoms with E-state index in [2.05, 4.69) is 15.8 Å². The van der Waals surface area contributed by atoms with Gasteiger partial charge in [0, 0.05) is 16.3 Å². The summed E-state index contributed by atoms with van der Waals surface area (Å²) in [7, 11) is 4.42. The summed E-state index contributed by atoms with van der Waals surface area (Å²) in [5, 5.41) is 7.41. The number of carbonyl (C=O) groups excluding carboxylic acids is 2. The van der Waals surface area contributed by atoms with Crippen molar-refractivity contribution in [2.75, 3.05) is 33.3 Å². The van der Waals surface area contributed by atoms with E-state index in [4.69, 9.17) is 42.1 Å². The number of hydrazone groups is 1. The molecular formula is C25H23Cl2N3O6. The second-order valence-electron chi connectivity index (χ2n) is 7.15. The molecule has 11 heteroatoms.